The smallest absolute Gasteiger partial charge is 0.0317 e. The second-order valence-corrected chi connectivity index (χ2v) is 6.20. The van der Waals surface area contributed by atoms with Crippen LogP contribution >= 0.6 is 9.24 Å². The summed E-state index contributed by atoms with van der Waals surface area (Å²) in [5.74, 6) is 0. The molecule has 1 heteroatoms. The van der Waals surface area contributed by atoms with E-state index in [0.717, 1.165) is 0 Å². The van der Waals surface area contributed by atoms with Gasteiger partial charge in [-0.2, -0.15) is 0 Å². The Kier molecular flexibility index (Phi) is 17.8. The standard InChI is InChI=1S/C17H36P/c1-2-3-4-5-6-7-8-9-10-11-12-13-14-15-16-17-18/h18H,2-17H2,1H3. The van der Waals surface area contributed by atoms with Gasteiger partial charge in [0, 0.05) is 0 Å². The van der Waals surface area contributed by atoms with E-state index in [4.69, 9.17) is 0 Å². The fourth-order valence-electron chi connectivity index (χ4n) is 2.50. The van der Waals surface area contributed by atoms with E-state index in [0.29, 0.717) is 0 Å². The van der Waals surface area contributed by atoms with Crippen LogP contribution in [0.2, 0.25) is 0 Å². The summed E-state index contributed by atoms with van der Waals surface area (Å²) in [5, 5.41) is 0. The normalized spacial score (nSPS) is 11.0. The van der Waals surface area contributed by atoms with Crippen LogP contribution in [0.3, 0.4) is 0 Å². The van der Waals surface area contributed by atoms with E-state index in [9.17, 15) is 0 Å². The summed E-state index contributed by atoms with van der Waals surface area (Å²) in [4.78, 5) is 0. The molecule has 0 saturated carbocycles. The lowest BCUT2D eigenvalue weighted by Crippen LogP contribution is -1.83. The maximum absolute atomic E-state index is 3.53. The van der Waals surface area contributed by atoms with E-state index in [1.807, 2.05) is 0 Å². The molecule has 0 saturated heterocycles. The average molecular weight is 271 g/mol. The zero-order chi connectivity index (χ0) is 13.3. The quantitative estimate of drug-likeness (QED) is 0.222. The van der Waals surface area contributed by atoms with E-state index in [2.05, 4.69) is 16.2 Å². The minimum Gasteiger partial charge on any atom is -0.0992 e. The van der Waals surface area contributed by atoms with Crippen molar-refractivity contribution in [2.24, 2.45) is 0 Å². The van der Waals surface area contributed by atoms with E-state index in [1.54, 1.807) is 0 Å². The topological polar surface area (TPSA) is 0 Å². The van der Waals surface area contributed by atoms with Crippen molar-refractivity contribution in [2.45, 2.75) is 103 Å². The Morgan fingerprint density at radius 2 is 0.722 bits per heavy atom. The molecular formula is C17H36P. The van der Waals surface area contributed by atoms with E-state index in [-0.39, 0.29) is 0 Å². The highest BCUT2D eigenvalue weighted by Gasteiger charge is 1.93. The Morgan fingerprint density at radius 1 is 0.444 bits per heavy atom. The number of rotatable bonds is 15. The predicted octanol–water partition coefficient (Wildman–Crippen LogP) is 7.00. The average Bonchev–Trinajstić information content (AvgIpc) is 2.39. The molecule has 0 spiro atoms. The fraction of sp³-hybridized carbons (Fsp3) is 1.00. The summed E-state index contributed by atoms with van der Waals surface area (Å²) in [6.45, 7) is 2.29. The van der Waals surface area contributed by atoms with Crippen molar-refractivity contribution in [3.05, 3.63) is 0 Å². The molecule has 0 heterocycles. The Morgan fingerprint density at radius 3 is 1.00 bits per heavy atom. The molecule has 0 unspecified atom stereocenters. The van der Waals surface area contributed by atoms with Crippen molar-refractivity contribution < 1.29 is 0 Å². The number of hydrogen-bond donors (Lipinski definition) is 0. The highest BCUT2D eigenvalue weighted by atomic mass is 31.0. The first-order chi connectivity index (χ1) is 8.91. The lowest BCUT2D eigenvalue weighted by molar-refractivity contribution is 0.535. The van der Waals surface area contributed by atoms with Gasteiger partial charge in [-0.3, -0.25) is 0 Å². The molecule has 0 amide bonds. The first kappa shape index (κ1) is 18.4. The summed E-state index contributed by atoms with van der Waals surface area (Å²) in [6, 6.07) is 0. The van der Waals surface area contributed by atoms with Crippen molar-refractivity contribution in [3.63, 3.8) is 0 Å². The van der Waals surface area contributed by atoms with Gasteiger partial charge < -0.3 is 0 Å². The molecule has 0 rings (SSSR count). The van der Waals surface area contributed by atoms with E-state index < -0.39 is 0 Å². The number of unbranched alkanes of at least 4 members (excludes halogenated alkanes) is 14. The maximum atomic E-state index is 3.53. The summed E-state index contributed by atoms with van der Waals surface area (Å²) in [5.41, 5.74) is 0. The summed E-state index contributed by atoms with van der Waals surface area (Å²) >= 11 is 0. The third-order valence-electron chi connectivity index (χ3n) is 3.78. The van der Waals surface area contributed by atoms with Crippen molar-refractivity contribution in [2.75, 3.05) is 6.16 Å². The summed E-state index contributed by atoms with van der Waals surface area (Å²) < 4.78 is 0. The second-order valence-electron chi connectivity index (χ2n) is 5.70. The van der Waals surface area contributed by atoms with Crippen LogP contribution in [0.5, 0.6) is 0 Å². The van der Waals surface area contributed by atoms with Crippen molar-refractivity contribution >= 4 is 9.24 Å². The minimum atomic E-state index is 1.18. The maximum Gasteiger partial charge on any atom is -0.0317 e. The highest BCUT2D eigenvalue weighted by Crippen LogP contribution is 2.13. The molecule has 0 bridgehead atoms. The summed E-state index contributed by atoms with van der Waals surface area (Å²) in [7, 11) is 3.53. The molecule has 18 heavy (non-hydrogen) atoms. The van der Waals surface area contributed by atoms with Gasteiger partial charge >= 0.3 is 0 Å². The van der Waals surface area contributed by atoms with Gasteiger partial charge in [-0.15, -0.1) is 0 Å². The molecule has 0 aromatic heterocycles. The lowest BCUT2D eigenvalue weighted by Gasteiger charge is -2.02. The molecule has 0 nitrogen and oxygen atoms in total. The van der Waals surface area contributed by atoms with Crippen LogP contribution in [0.25, 0.3) is 0 Å². The van der Waals surface area contributed by atoms with E-state index in [1.165, 1.54) is 102 Å². The van der Waals surface area contributed by atoms with Crippen LogP contribution in [0, 0.1) is 0 Å². The third kappa shape index (κ3) is 16.4. The zero-order valence-corrected chi connectivity index (χ0v) is 13.8. The van der Waals surface area contributed by atoms with Crippen LogP contribution < -0.4 is 0 Å². The first-order valence-electron chi connectivity index (χ1n) is 8.56. The van der Waals surface area contributed by atoms with Gasteiger partial charge in [-0.1, -0.05) is 106 Å². The Bertz CT molecular complexity index is 118. The zero-order valence-electron chi connectivity index (χ0n) is 12.8. The molecule has 1 radical (unpaired) electrons. The van der Waals surface area contributed by atoms with Gasteiger partial charge in [0.15, 0.2) is 0 Å². The van der Waals surface area contributed by atoms with Crippen LogP contribution in [0.4, 0.5) is 0 Å². The largest absolute Gasteiger partial charge is 0.0992 e. The van der Waals surface area contributed by atoms with Gasteiger partial charge in [0.05, 0.1) is 0 Å². The van der Waals surface area contributed by atoms with Gasteiger partial charge in [0.2, 0.25) is 0 Å². The van der Waals surface area contributed by atoms with Crippen LogP contribution in [-0.2, 0) is 0 Å². The minimum absolute atomic E-state index is 1.18. The molecule has 0 aromatic carbocycles. The van der Waals surface area contributed by atoms with Gasteiger partial charge in [-0.25, -0.2) is 0 Å². The van der Waals surface area contributed by atoms with Crippen LogP contribution in [0.1, 0.15) is 103 Å². The molecule has 0 aliphatic heterocycles. The van der Waals surface area contributed by atoms with Crippen molar-refractivity contribution in [1.29, 1.82) is 0 Å². The Balaban J connectivity index is 2.86. The van der Waals surface area contributed by atoms with Crippen LogP contribution in [0.15, 0.2) is 0 Å². The first-order valence-corrected chi connectivity index (χ1v) is 9.27. The van der Waals surface area contributed by atoms with Crippen LogP contribution in [-0.4, -0.2) is 6.16 Å². The molecular weight excluding hydrogens is 235 g/mol. The highest BCUT2D eigenvalue weighted by molar-refractivity contribution is 7.16. The SMILES string of the molecule is CCCCCCCCCCCCCCCCC[PH]. The molecule has 0 fully saturated rings. The van der Waals surface area contributed by atoms with Gasteiger partial charge in [0.25, 0.3) is 0 Å². The molecule has 0 N–H and O–H groups in total. The molecule has 0 aliphatic rings. The van der Waals surface area contributed by atoms with Gasteiger partial charge in [0.1, 0.15) is 0 Å². The summed E-state index contributed by atoms with van der Waals surface area (Å²) in [6.07, 6.45) is 23.0. The second kappa shape index (κ2) is 17.4. The van der Waals surface area contributed by atoms with E-state index >= 15 is 0 Å². The molecule has 0 aliphatic carbocycles. The fourth-order valence-corrected chi connectivity index (χ4v) is 2.75. The van der Waals surface area contributed by atoms with Gasteiger partial charge in [-0.05, 0) is 12.6 Å². The Hall–Kier alpha value is 0.430. The molecule has 0 atom stereocenters. The Labute approximate surface area is 119 Å². The van der Waals surface area contributed by atoms with Crippen molar-refractivity contribution in [1.82, 2.24) is 0 Å². The van der Waals surface area contributed by atoms with Crippen molar-refractivity contribution in [3.8, 4) is 0 Å². The molecule has 0 aromatic rings. The third-order valence-corrected chi connectivity index (χ3v) is 4.13. The predicted molar refractivity (Wildman–Crippen MR) is 88.1 cm³/mol. The lowest BCUT2D eigenvalue weighted by atomic mass is 10.0. The number of hydrogen-bond acceptors (Lipinski definition) is 0. The molecule has 109 valence electrons. The monoisotopic (exact) mass is 271 g/mol.